The lowest BCUT2D eigenvalue weighted by molar-refractivity contribution is 0.470. The number of alkyl halides is 1. The van der Waals surface area contributed by atoms with Crippen molar-refractivity contribution in [2.75, 3.05) is 0 Å². The molecule has 0 bridgehead atoms. The standard InChI is InChI=1S/C13H10BrClF2O/c1-2-7-3-4-12(18-7)13(15)8-5-11(17)9(14)6-10(8)16/h3-6,13H,2H2,1H3. The molecule has 1 heterocycles. The molecular formula is C13H10BrClF2O. The van der Waals surface area contributed by atoms with Crippen LogP contribution < -0.4 is 0 Å². The second kappa shape index (κ2) is 5.41. The maximum absolute atomic E-state index is 13.7. The first-order valence-electron chi connectivity index (χ1n) is 5.40. The van der Waals surface area contributed by atoms with Gasteiger partial charge in [0, 0.05) is 12.0 Å². The first-order valence-corrected chi connectivity index (χ1v) is 6.63. The predicted molar refractivity (Wildman–Crippen MR) is 69.8 cm³/mol. The van der Waals surface area contributed by atoms with Gasteiger partial charge in [-0.05, 0) is 40.2 Å². The van der Waals surface area contributed by atoms with Crippen molar-refractivity contribution in [1.29, 1.82) is 0 Å². The molecule has 0 amide bonds. The van der Waals surface area contributed by atoms with Gasteiger partial charge < -0.3 is 4.42 Å². The SMILES string of the molecule is CCc1ccc(C(Cl)c2cc(F)c(Br)cc2F)o1. The number of rotatable bonds is 3. The maximum atomic E-state index is 13.7. The molecule has 2 aromatic rings. The van der Waals surface area contributed by atoms with Gasteiger partial charge in [-0.3, -0.25) is 0 Å². The van der Waals surface area contributed by atoms with E-state index in [1.165, 1.54) is 0 Å². The van der Waals surface area contributed by atoms with Crippen LogP contribution in [0.4, 0.5) is 8.78 Å². The van der Waals surface area contributed by atoms with Gasteiger partial charge in [0.1, 0.15) is 28.5 Å². The molecule has 0 saturated carbocycles. The number of furan rings is 1. The molecule has 18 heavy (non-hydrogen) atoms. The van der Waals surface area contributed by atoms with E-state index in [0.29, 0.717) is 5.76 Å². The molecule has 0 aliphatic heterocycles. The summed E-state index contributed by atoms with van der Waals surface area (Å²) >= 11 is 9.04. The Hall–Kier alpha value is -0.870. The molecule has 0 aliphatic rings. The highest BCUT2D eigenvalue weighted by Gasteiger charge is 2.20. The van der Waals surface area contributed by atoms with Crippen molar-refractivity contribution in [2.45, 2.75) is 18.7 Å². The van der Waals surface area contributed by atoms with Gasteiger partial charge in [0.05, 0.1) is 4.47 Å². The maximum Gasteiger partial charge on any atom is 0.137 e. The van der Waals surface area contributed by atoms with Crippen molar-refractivity contribution >= 4 is 27.5 Å². The van der Waals surface area contributed by atoms with Gasteiger partial charge in [0.25, 0.3) is 0 Å². The number of hydrogen-bond donors (Lipinski definition) is 0. The molecule has 5 heteroatoms. The van der Waals surface area contributed by atoms with Crippen molar-refractivity contribution in [2.24, 2.45) is 0 Å². The summed E-state index contributed by atoms with van der Waals surface area (Å²) in [7, 11) is 0. The molecular weight excluding hydrogens is 325 g/mol. The lowest BCUT2D eigenvalue weighted by Gasteiger charge is -2.09. The van der Waals surface area contributed by atoms with E-state index in [9.17, 15) is 8.78 Å². The number of benzene rings is 1. The van der Waals surface area contributed by atoms with Crippen LogP contribution in [-0.2, 0) is 6.42 Å². The van der Waals surface area contributed by atoms with Crippen molar-refractivity contribution in [1.82, 2.24) is 0 Å². The second-order valence-electron chi connectivity index (χ2n) is 3.81. The fourth-order valence-electron chi connectivity index (χ4n) is 1.61. The second-order valence-corrected chi connectivity index (χ2v) is 5.10. The zero-order valence-corrected chi connectivity index (χ0v) is 11.9. The van der Waals surface area contributed by atoms with Crippen LogP contribution in [0.3, 0.4) is 0 Å². The fourth-order valence-corrected chi connectivity index (χ4v) is 2.21. The molecule has 0 spiro atoms. The van der Waals surface area contributed by atoms with Gasteiger partial charge >= 0.3 is 0 Å². The minimum absolute atomic E-state index is 0.0642. The first-order chi connectivity index (χ1) is 8.52. The molecule has 1 aromatic heterocycles. The largest absolute Gasteiger partial charge is 0.464 e. The van der Waals surface area contributed by atoms with E-state index in [0.717, 1.165) is 24.3 Å². The minimum Gasteiger partial charge on any atom is -0.464 e. The summed E-state index contributed by atoms with van der Waals surface area (Å²) in [5, 5.41) is -0.840. The van der Waals surface area contributed by atoms with E-state index in [2.05, 4.69) is 15.9 Å². The molecule has 0 aliphatic carbocycles. The monoisotopic (exact) mass is 334 g/mol. The molecule has 0 fully saturated rings. The van der Waals surface area contributed by atoms with Crippen molar-refractivity contribution < 1.29 is 13.2 Å². The summed E-state index contributed by atoms with van der Waals surface area (Å²) in [5.41, 5.74) is 0.0642. The van der Waals surface area contributed by atoms with Crippen LogP contribution in [-0.4, -0.2) is 0 Å². The molecule has 96 valence electrons. The summed E-state index contributed by atoms with van der Waals surface area (Å²) in [5.74, 6) is 0.0415. The Morgan fingerprint density at radius 2 is 2.00 bits per heavy atom. The van der Waals surface area contributed by atoms with Gasteiger partial charge in [0.2, 0.25) is 0 Å². The zero-order valence-electron chi connectivity index (χ0n) is 9.51. The van der Waals surface area contributed by atoms with Gasteiger partial charge in [-0.15, -0.1) is 11.6 Å². The third-order valence-corrected chi connectivity index (χ3v) is 3.65. The van der Waals surface area contributed by atoms with Crippen LogP contribution in [0.2, 0.25) is 0 Å². The summed E-state index contributed by atoms with van der Waals surface area (Å²) in [6, 6.07) is 5.59. The van der Waals surface area contributed by atoms with Crippen LogP contribution in [0.1, 0.15) is 29.4 Å². The molecule has 0 N–H and O–H groups in total. The van der Waals surface area contributed by atoms with Gasteiger partial charge in [-0.25, -0.2) is 8.78 Å². The third-order valence-electron chi connectivity index (χ3n) is 2.59. The summed E-state index contributed by atoms with van der Waals surface area (Å²) in [4.78, 5) is 0. The van der Waals surface area contributed by atoms with E-state index in [-0.39, 0.29) is 10.0 Å². The normalized spacial score (nSPS) is 12.7. The summed E-state index contributed by atoms with van der Waals surface area (Å²) < 4.78 is 32.6. The Balaban J connectivity index is 2.39. The molecule has 1 atom stereocenters. The Labute approximate surface area is 117 Å². The van der Waals surface area contributed by atoms with Crippen LogP contribution in [0, 0.1) is 11.6 Å². The van der Waals surface area contributed by atoms with E-state index < -0.39 is 17.0 Å². The predicted octanol–water partition coefficient (Wildman–Crippen LogP) is 5.21. The zero-order chi connectivity index (χ0) is 13.3. The highest BCUT2D eigenvalue weighted by atomic mass is 79.9. The average Bonchev–Trinajstić information content (AvgIpc) is 2.81. The molecule has 1 unspecified atom stereocenters. The quantitative estimate of drug-likeness (QED) is 0.554. The van der Waals surface area contributed by atoms with E-state index in [1.807, 2.05) is 6.92 Å². The highest BCUT2D eigenvalue weighted by Crippen LogP contribution is 2.34. The van der Waals surface area contributed by atoms with Gasteiger partial charge in [0.15, 0.2) is 0 Å². The van der Waals surface area contributed by atoms with Crippen molar-refractivity contribution in [3.63, 3.8) is 0 Å². The van der Waals surface area contributed by atoms with Crippen molar-refractivity contribution in [3.8, 4) is 0 Å². The van der Waals surface area contributed by atoms with E-state index >= 15 is 0 Å². The van der Waals surface area contributed by atoms with Crippen LogP contribution in [0.5, 0.6) is 0 Å². The highest BCUT2D eigenvalue weighted by molar-refractivity contribution is 9.10. The third kappa shape index (κ3) is 2.59. The molecule has 1 nitrogen and oxygen atoms in total. The lowest BCUT2D eigenvalue weighted by Crippen LogP contribution is -1.97. The molecule has 1 aromatic carbocycles. The molecule has 0 saturated heterocycles. The fraction of sp³-hybridized carbons (Fsp3) is 0.231. The number of aryl methyl sites for hydroxylation is 1. The number of hydrogen-bond acceptors (Lipinski definition) is 1. The van der Waals surface area contributed by atoms with E-state index in [1.54, 1.807) is 12.1 Å². The topological polar surface area (TPSA) is 13.1 Å². The molecule has 0 radical (unpaired) electrons. The lowest BCUT2D eigenvalue weighted by atomic mass is 10.1. The average molecular weight is 336 g/mol. The first kappa shape index (κ1) is 13.6. The summed E-state index contributed by atoms with van der Waals surface area (Å²) in [6.07, 6.45) is 0.723. The number of halogens is 4. The van der Waals surface area contributed by atoms with Crippen LogP contribution in [0.15, 0.2) is 33.2 Å². The smallest absolute Gasteiger partial charge is 0.137 e. The Kier molecular flexibility index (Phi) is 4.07. The Bertz CT molecular complexity index is 568. The Morgan fingerprint density at radius 3 is 2.61 bits per heavy atom. The van der Waals surface area contributed by atoms with Crippen LogP contribution >= 0.6 is 27.5 Å². The summed E-state index contributed by atoms with van der Waals surface area (Å²) in [6.45, 7) is 1.94. The van der Waals surface area contributed by atoms with Crippen molar-refractivity contribution in [3.05, 3.63) is 57.5 Å². The van der Waals surface area contributed by atoms with E-state index in [4.69, 9.17) is 16.0 Å². The minimum atomic E-state index is -0.840. The van der Waals surface area contributed by atoms with Gasteiger partial charge in [-0.2, -0.15) is 0 Å². The van der Waals surface area contributed by atoms with Crippen LogP contribution in [0.25, 0.3) is 0 Å². The molecule has 2 rings (SSSR count). The Morgan fingerprint density at radius 1 is 1.28 bits per heavy atom. The van der Waals surface area contributed by atoms with Gasteiger partial charge in [-0.1, -0.05) is 6.92 Å².